The minimum absolute atomic E-state index is 0.0620. The summed E-state index contributed by atoms with van der Waals surface area (Å²) >= 11 is 0. The highest BCUT2D eigenvalue weighted by Gasteiger charge is 2.25. The number of rotatable bonds is 5. The first-order chi connectivity index (χ1) is 14.0. The van der Waals surface area contributed by atoms with Gasteiger partial charge in [0, 0.05) is 30.3 Å². The number of aryl methyl sites for hydroxylation is 1. The monoisotopic (exact) mass is 397 g/mol. The number of nitrogens with two attached hydrogens (primary N) is 1. The van der Waals surface area contributed by atoms with E-state index in [4.69, 9.17) is 19.9 Å². The molecule has 3 N–H and O–H groups in total. The second-order valence-corrected chi connectivity index (χ2v) is 6.95. The molecule has 1 aliphatic rings. The quantitative estimate of drug-likeness (QED) is 0.659. The van der Waals surface area contributed by atoms with Crippen LogP contribution in [0.5, 0.6) is 11.5 Å². The van der Waals surface area contributed by atoms with Crippen molar-refractivity contribution in [2.24, 2.45) is 12.8 Å². The first kappa shape index (κ1) is 19.2. The number of hydrogen-bond acceptors (Lipinski definition) is 8. The number of pyridine rings is 1. The van der Waals surface area contributed by atoms with Gasteiger partial charge in [-0.15, -0.1) is 0 Å². The molecule has 152 valence electrons. The van der Waals surface area contributed by atoms with Crippen molar-refractivity contribution in [3.8, 4) is 22.6 Å². The normalized spacial score (nSPS) is 18.8. The van der Waals surface area contributed by atoms with E-state index in [1.54, 1.807) is 51.7 Å². The first-order valence-corrected chi connectivity index (χ1v) is 9.20. The molecule has 4 rings (SSSR count). The molecule has 0 aliphatic carbocycles. The van der Waals surface area contributed by atoms with Crippen molar-refractivity contribution < 1.29 is 14.2 Å². The van der Waals surface area contributed by atoms with Gasteiger partial charge < -0.3 is 25.3 Å². The number of ether oxygens (including phenoxy) is 3. The molecule has 1 aliphatic heterocycles. The summed E-state index contributed by atoms with van der Waals surface area (Å²) in [5, 5.41) is 3.92. The van der Waals surface area contributed by atoms with Crippen LogP contribution in [0, 0.1) is 0 Å². The van der Waals surface area contributed by atoms with Crippen LogP contribution in [-0.2, 0) is 11.8 Å². The third kappa shape index (κ3) is 3.62. The van der Waals surface area contributed by atoms with Crippen LogP contribution < -0.4 is 26.1 Å². The fraction of sp³-hybridized carbons (Fsp3) is 0.350. The average Bonchev–Trinajstić information content (AvgIpc) is 3.14. The zero-order valence-corrected chi connectivity index (χ0v) is 16.5. The molecule has 2 atom stereocenters. The Hall–Kier alpha value is -3.17. The SMILES string of the molecule is COc1cc(OC)cc(-c2cc3cnc(N[C@@H]4COC[C@@H]4N)nc3n(C)c2=O)c1. The van der Waals surface area contributed by atoms with Crippen LogP contribution in [0.2, 0.25) is 0 Å². The number of anilines is 1. The summed E-state index contributed by atoms with van der Waals surface area (Å²) in [6.07, 6.45) is 1.69. The van der Waals surface area contributed by atoms with E-state index < -0.39 is 0 Å². The first-order valence-electron chi connectivity index (χ1n) is 9.20. The van der Waals surface area contributed by atoms with Crippen LogP contribution in [0.1, 0.15) is 0 Å². The molecular formula is C20H23N5O4. The van der Waals surface area contributed by atoms with Gasteiger partial charge in [-0.25, -0.2) is 4.98 Å². The number of nitrogens with one attached hydrogen (secondary N) is 1. The van der Waals surface area contributed by atoms with E-state index >= 15 is 0 Å². The van der Waals surface area contributed by atoms with Crippen molar-refractivity contribution >= 4 is 17.0 Å². The molecule has 0 unspecified atom stereocenters. The molecule has 0 saturated carbocycles. The lowest BCUT2D eigenvalue weighted by atomic mass is 10.1. The molecular weight excluding hydrogens is 374 g/mol. The lowest BCUT2D eigenvalue weighted by Gasteiger charge is -2.16. The summed E-state index contributed by atoms with van der Waals surface area (Å²) in [5.41, 5.74) is 7.55. The van der Waals surface area contributed by atoms with Gasteiger partial charge in [-0.1, -0.05) is 0 Å². The minimum atomic E-state index is -0.182. The Balaban J connectivity index is 1.77. The summed E-state index contributed by atoms with van der Waals surface area (Å²) in [6, 6.07) is 6.94. The maximum Gasteiger partial charge on any atom is 0.259 e. The van der Waals surface area contributed by atoms with Gasteiger partial charge >= 0.3 is 0 Å². The molecule has 1 aromatic carbocycles. The van der Waals surface area contributed by atoms with E-state index in [0.717, 1.165) is 5.39 Å². The fourth-order valence-electron chi connectivity index (χ4n) is 3.37. The lowest BCUT2D eigenvalue weighted by Crippen LogP contribution is -2.39. The summed E-state index contributed by atoms with van der Waals surface area (Å²) in [6.45, 7) is 0.995. The number of methoxy groups -OCH3 is 2. The zero-order valence-electron chi connectivity index (χ0n) is 16.5. The Morgan fingerprint density at radius 2 is 1.90 bits per heavy atom. The van der Waals surface area contributed by atoms with Gasteiger partial charge in [0.25, 0.3) is 5.56 Å². The third-order valence-electron chi connectivity index (χ3n) is 5.05. The molecule has 3 aromatic rings. The molecule has 0 spiro atoms. The average molecular weight is 397 g/mol. The molecule has 2 aromatic heterocycles. The van der Waals surface area contributed by atoms with Crippen LogP contribution >= 0.6 is 0 Å². The second-order valence-electron chi connectivity index (χ2n) is 6.95. The molecule has 1 saturated heterocycles. The Morgan fingerprint density at radius 3 is 2.52 bits per heavy atom. The van der Waals surface area contributed by atoms with E-state index in [1.807, 2.05) is 0 Å². The molecule has 0 radical (unpaired) electrons. The predicted octanol–water partition coefficient (Wildman–Crippen LogP) is 1.15. The van der Waals surface area contributed by atoms with Gasteiger partial charge in [-0.3, -0.25) is 9.36 Å². The Labute approximate surface area is 167 Å². The second kappa shape index (κ2) is 7.69. The zero-order chi connectivity index (χ0) is 20.5. The Kier molecular flexibility index (Phi) is 5.08. The van der Waals surface area contributed by atoms with Gasteiger partial charge in [0.05, 0.1) is 39.5 Å². The minimum Gasteiger partial charge on any atom is -0.497 e. The third-order valence-corrected chi connectivity index (χ3v) is 5.05. The number of benzene rings is 1. The largest absolute Gasteiger partial charge is 0.497 e. The number of aromatic nitrogens is 3. The topological polar surface area (TPSA) is 114 Å². The molecule has 9 nitrogen and oxygen atoms in total. The molecule has 0 amide bonds. The molecule has 9 heteroatoms. The van der Waals surface area contributed by atoms with Gasteiger partial charge in [-0.05, 0) is 23.8 Å². The van der Waals surface area contributed by atoms with Crippen molar-refractivity contribution in [1.82, 2.24) is 14.5 Å². The highest BCUT2D eigenvalue weighted by Crippen LogP contribution is 2.29. The van der Waals surface area contributed by atoms with Crippen LogP contribution in [0.4, 0.5) is 5.95 Å². The lowest BCUT2D eigenvalue weighted by molar-refractivity contribution is 0.192. The van der Waals surface area contributed by atoms with Gasteiger partial charge in [0.1, 0.15) is 17.1 Å². The van der Waals surface area contributed by atoms with E-state index in [9.17, 15) is 4.79 Å². The molecule has 3 heterocycles. The van der Waals surface area contributed by atoms with Gasteiger partial charge in [0.15, 0.2) is 0 Å². The van der Waals surface area contributed by atoms with Crippen LogP contribution in [0.25, 0.3) is 22.2 Å². The van der Waals surface area contributed by atoms with E-state index in [-0.39, 0.29) is 17.6 Å². The molecule has 1 fully saturated rings. The summed E-state index contributed by atoms with van der Waals surface area (Å²) in [7, 11) is 4.83. The van der Waals surface area contributed by atoms with E-state index in [0.29, 0.717) is 47.4 Å². The van der Waals surface area contributed by atoms with Crippen molar-refractivity contribution in [2.45, 2.75) is 12.1 Å². The summed E-state index contributed by atoms with van der Waals surface area (Å²) in [4.78, 5) is 21.9. The molecule has 0 bridgehead atoms. The highest BCUT2D eigenvalue weighted by molar-refractivity contribution is 5.82. The van der Waals surface area contributed by atoms with E-state index in [1.165, 1.54) is 4.57 Å². The Bertz CT molecular complexity index is 1090. The van der Waals surface area contributed by atoms with Crippen molar-refractivity contribution in [1.29, 1.82) is 0 Å². The Morgan fingerprint density at radius 1 is 1.17 bits per heavy atom. The van der Waals surface area contributed by atoms with Crippen molar-refractivity contribution in [3.05, 3.63) is 40.8 Å². The van der Waals surface area contributed by atoms with Crippen molar-refractivity contribution in [3.63, 3.8) is 0 Å². The summed E-state index contributed by atoms with van der Waals surface area (Å²) < 4.78 is 17.5. The standard InChI is InChI=1S/C20H23N5O4/c1-25-18-12(8-22-20(24-18)23-17-10-29-9-16(17)21)6-15(19(25)26)11-4-13(27-2)7-14(5-11)28-3/h4-8,16-17H,9-10,21H2,1-3H3,(H,22,23,24)/t16-,17+/m0/s1. The van der Waals surface area contributed by atoms with Gasteiger partial charge in [0.2, 0.25) is 5.95 Å². The predicted molar refractivity (Wildman–Crippen MR) is 110 cm³/mol. The van der Waals surface area contributed by atoms with Crippen LogP contribution in [0.15, 0.2) is 35.3 Å². The van der Waals surface area contributed by atoms with E-state index in [2.05, 4.69) is 15.3 Å². The van der Waals surface area contributed by atoms with Crippen LogP contribution in [0.3, 0.4) is 0 Å². The maximum atomic E-state index is 13.1. The highest BCUT2D eigenvalue weighted by atomic mass is 16.5. The number of fused-ring (bicyclic) bond motifs is 1. The number of hydrogen-bond donors (Lipinski definition) is 2. The number of nitrogens with zero attached hydrogens (tertiary/aromatic N) is 3. The van der Waals surface area contributed by atoms with Crippen molar-refractivity contribution in [2.75, 3.05) is 32.8 Å². The van der Waals surface area contributed by atoms with Gasteiger partial charge in [-0.2, -0.15) is 4.98 Å². The smallest absolute Gasteiger partial charge is 0.259 e. The molecule has 29 heavy (non-hydrogen) atoms. The summed E-state index contributed by atoms with van der Waals surface area (Å²) in [5.74, 6) is 1.62. The van der Waals surface area contributed by atoms with Crippen LogP contribution in [-0.4, -0.2) is 54.1 Å². The fourth-order valence-corrected chi connectivity index (χ4v) is 3.37. The maximum absolute atomic E-state index is 13.1.